The number of rotatable bonds is 1. The van der Waals surface area contributed by atoms with E-state index in [2.05, 4.69) is 25.7 Å². The van der Waals surface area contributed by atoms with Crippen molar-refractivity contribution in [1.82, 2.24) is 30.4 Å². The van der Waals surface area contributed by atoms with Crippen LogP contribution in [-0.4, -0.2) is 30.4 Å². The fourth-order valence-corrected chi connectivity index (χ4v) is 0.744. The largest absolute Gasteiger partial charge is 0.382 e. The predicted octanol–water partition coefficient (Wildman–Crippen LogP) is -1.03. The second kappa shape index (κ2) is 2.04. The van der Waals surface area contributed by atoms with Crippen LogP contribution in [0, 0.1) is 0 Å². The van der Waals surface area contributed by atoms with Crippen molar-refractivity contribution in [2.45, 2.75) is 0 Å². The first-order valence-corrected chi connectivity index (χ1v) is 2.90. The van der Waals surface area contributed by atoms with E-state index in [1.54, 1.807) is 6.20 Å². The van der Waals surface area contributed by atoms with Gasteiger partial charge >= 0.3 is 0 Å². The summed E-state index contributed by atoms with van der Waals surface area (Å²) in [4.78, 5) is 0. The van der Waals surface area contributed by atoms with Crippen molar-refractivity contribution < 1.29 is 0 Å². The molecule has 0 amide bonds. The summed E-state index contributed by atoms with van der Waals surface area (Å²) in [6, 6.07) is 0. The minimum Gasteiger partial charge on any atom is -0.382 e. The molecule has 7 heteroatoms. The van der Waals surface area contributed by atoms with Crippen molar-refractivity contribution in [3.05, 3.63) is 12.5 Å². The molecule has 0 fully saturated rings. The van der Waals surface area contributed by atoms with Crippen LogP contribution in [0.25, 0.3) is 5.69 Å². The van der Waals surface area contributed by atoms with E-state index in [9.17, 15) is 0 Å². The molecular weight excluding hydrogens is 146 g/mol. The van der Waals surface area contributed by atoms with Gasteiger partial charge in [-0.15, -0.1) is 5.10 Å². The van der Waals surface area contributed by atoms with E-state index in [-0.39, 0.29) is 0 Å². The first kappa shape index (κ1) is 5.83. The zero-order valence-electron chi connectivity index (χ0n) is 5.47. The molecule has 11 heavy (non-hydrogen) atoms. The Morgan fingerprint density at radius 2 is 2.45 bits per heavy atom. The highest BCUT2D eigenvalue weighted by atomic mass is 15.5. The summed E-state index contributed by atoms with van der Waals surface area (Å²) >= 11 is 0. The number of nitrogens with one attached hydrogen (secondary N) is 1. The van der Waals surface area contributed by atoms with Crippen molar-refractivity contribution >= 4 is 5.82 Å². The molecule has 0 bridgehead atoms. The lowest BCUT2D eigenvalue weighted by molar-refractivity contribution is 0.791. The fraction of sp³-hybridized carbons (Fsp3) is 0. The molecule has 2 rings (SSSR count). The van der Waals surface area contributed by atoms with E-state index in [0.29, 0.717) is 11.5 Å². The summed E-state index contributed by atoms with van der Waals surface area (Å²) < 4.78 is 1.43. The molecule has 0 saturated carbocycles. The van der Waals surface area contributed by atoms with Crippen molar-refractivity contribution in [3.63, 3.8) is 0 Å². The Morgan fingerprint density at radius 1 is 1.55 bits per heavy atom. The van der Waals surface area contributed by atoms with Gasteiger partial charge in [-0.05, 0) is 10.4 Å². The second-order valence-electron chi connectivity index (χ2n) is 1.92. The first-order valence-electron chi connectivity index (χ1n) is 2.90. The van der Waals surface area contributed by atoms with Gasteiger partial charge in [0.15, 0.2) is 0 Å². The van der Waals surface area contributed by atoms with Crippen LogP contribution >= 0.6 is 0 Å². The van der Waals surface area contributed by atoms with E-state index >= 15 is 0 Å². The Labute approximate surface area is 61.2 Å². The minimum absolute atomic E-state index is 0.442. The SMILES string of the molecule is Nc1[nH]ncc1-n1cnnn1. The maximum Gasteiger partial charge on any atom is 0.145 e. The Bertz CT molecular complexity index is 333. The molecule has 0 radical (unpaired) electrons. The molecule has 0 aromatic carbocycles. The highest BCUT2D eigenvalue weighted by Gasteiger charge is 2.03. The van der Waals surface area contributed by atoms with Crippen LogP contribution in [-0.2, 0) is 0 Å². The number of hydrogen-bond acceptors (Lipinski definition) is 5. The molecule has 0 saturated heterocycles. The molecule has 0 atom stereocenters. The monoisotopic (exact) mass is 151 g/mol. The number of nitrogen functional groups attached to an aromatic ring is 1. The van der Waals surface area contributed by atoms with Gasteiger partial charge in [0.05, 0.1) is 6.20 Å². The Morgan fingerprint density at radius 3 is 3.00 bits per heavy atom. The van der Waals surface area contributed by atoms with Gasteiger partial charge in [0, 0.05) is 0 Å². The number of aromatic amines is 1. The van der Waals surface area contributed by atoms with Gasteiger partial charge < -0.3 is 5.73 Å². The molecule has 0 unspecified atom stereocenters. The number of anilines is 1. The summed E-state index contributed by atoms with van der Waals surface area (Å²) in [5.74, 6) is 0.442. The number of nitrogens with two attached hydrogens (primary N) is 1. The lowest BCUT2D eigenvalue weighted by Crippen LogP contribution is -1.97. The minimum atomic E-state index is 0.442. The average molecular weight is 151 g/mol. The van der Waals surface area contributed by atoms with E-state index in [0.717, 1.165) is 0 Å². The Hall–Kier alpha value is -1.92. The zero-order chi connectivity index (χ0) is 7.68. The number of hydrogen-bond donors (Lipinski definition) is 2. The van der Waals surface area contributed by atoms with Crippen molar-refractivity contribution in [2.75, 3.05) is 5.73 Å². The first-order chi connectivity index (χ1) is 5.38. The van der Waals surface area contributed by atoms with Gasteiger partial charge in [0.2, 0.25) is 0 Å². The lowest BCUT2D eigenvalue weighted by atomic mass is 10.5. The molecule has 2 heterocycles. The highest BCUT2D eigenvalue weighted by molar-refractivity contribution is 5.48. The summed E-state index contributed by atoms with van der Waals surface area (Å²) in [5.41, 5.74) is 6.15. The molecule has 3 N–H and O–H groups in total. The Balaban J connectivity index is 2.53. The van der Waals surface area contributed by atoms with Crippen LogP contribution in [0.1, 0.15) is 0 Å². The molecule has 0 aliphatic carbocycles. The van der Waals surface area contributed by atoms with E-state index in [1.807, 2.05) is 0 Å². The molecule has 56 valence electrons. The van der Waals surface area contributed by atoms with Crippen molar-refractivity contribution in [2.24, 2.45) is 0 Å². The van der Waals surface area contributed by atoms with Gasteiger partial charge in [0.1, 0.15) is 17.8 Å². The number of nitrogens with zero attached hydrogens (tertiary/aromatic N) is 5. The van der Waals surface area contributed by atoms with Crippen LogP contribution in [0.4, 0.5) is 5.82 Å². The average Bonchev–Trinajstić information content (AvgIpc) is 2.55. The Kier molecular flexibility index (Phi) is 1.08. The van der Waals surface area contributed by atoms with Gasteiger partial charge in [-0.3, -0.25) is 5.10 Å². The summed E-state index contributed by atoms with van der Waals surface area (Å²) in [6.45, 7) is 0. The molecule has 0 aliphatic rings. The summed E-state index contributed by atoms with van der Waals surface area (Å²) in [5, 5.41) is 16.8. The topological polar surface area (TPSA) is 98.3 Å². The highest BCUT2D eigenvalue weighted by Crippen LogP contribution is 2.08. The standard InChI is InChI=1S/C4H5N7/c5-4-3(1-6-8-4)11-2-7-9-10-11/h1-2H,(H3,5,6,8). The quantitative estimate of drug-likeness (QED) is 0.542. The molecule has 2 aromatic heterocycles. The second-order valence-corrected chi connectivity index (χ2v) is 1.92. The van der Waals surface area contributed by atoms with Gasteiger partial charge in [-0.1, -0.05) is 0 Å². The molecule has 0 spiro atoms. The van der Waals surface area contributed by atoms with Gasteiger partial charge in [-0.25, -0.2) is 0 Å². The number of tetrazole rings is 1. The van der Waals surface area contributed by atoms with Crippen molar-refractivity contribution in [3.8, 4) is 5.69 Å². The van der Waals surface area contributed by atoms with E-state index < -0.39 is 0 Å². The van der Waals surface area contributed by atoms with E-state index in [1.165, 1.54) is 11.0 Å². The third kappa shape index (κ3) is 0.820. The number of H-pyrrole nitrogens is 1. The summed E-state index contributed by atoms with van der Waals surface area (Å²) in [7, 11) is 0. The fourth-order valence-electron chi connectivity index (χ4n) is 0.744. The maximum absolute atomic E-state index is 5.50. The molecular formula is C4H5N7. The lowest BCUT2D eigenvalue weighted by Gasteiger charge is -1.92. The van der Waals surface area contributed by atoms with Crippen LogP contribution < -0.4 is 5.73 Å². The van der Waals surface area contributed by atoms with Gasteiger partial charge in [-0.2, -0.15) is 9.78 Å². The molecule has 2 aromatic rings. The normalized spacial score (nSPS) is 10.2. The van der Waals surface area contributed by atoms with E-state index in [4.69, 9.17) is 5.73 Å². The number of aromatic nitrogens is 6. The molecule has 0 aliphatic heterocycles. The smallest absolute Gasteiger partial charge is 0.145 e. The molecule has 7 nitrogen and oxygen atoms in total. The maximum atomic E-state index is 5.50. The third-order valence-corrected chi connectivity index (χ3v) is 1.24. The summed E-state index contributed by atoms with van der Waals surface area (Å²) in [6.07, 6.45) is 2.99. The zero-order valence-corrected chi connectivity index (χ0v) is 5.47. The van der Waals surface area contributed by atoms with Crippen LogP contribution in [0.2, 0.25) is 0 Å². The van der Waals surface area contributed by atoms with Crippen molar-refractivity contribution in [1.29, 1.82) is 0 Å². The van der Waals surface area contributed by atoms with Crippen LogP contribution in [0.3, 0.4) is 0 Å². The third-order valence-electron chi connectivity index (χ3n) is 1.24. The van der Waals surface area contributed by atoms with Gasteiger partial charge in [0.25, 0.3) is 0 Å². The van der Waals surface area contributed by atoms with Crippen LogP contribution in [0.5, 0.6) is 0 Å². The predicted molar refractivity (Wildman–Crippen MR) is 35.7 cm³/mol. The van der Waals surface area contributed by atoms with Crippen LogP contribution in [0.15, 0.2) is 12.5 Å².